The first-order valence-corrected chi connectivity index (χ1v) is 7.68. The van der Waals surface area contributed by atoms with Crippen LogP contribution in [0.1, 0.15) is 12.0 Å². The predicted octanol–water partition coefficient (Wildman–Crippen LogP) is 1.23. The Balaban J connectivity index is 2.70. The van der Waals surface area contributed by atoms with E-state index in [-0.39, 0.29) is 23.0 Å². The number of oxime groups is 1. The van der Waals surface area contributed by atoms with Crippen LogP contribution in [-0.2, 0) is 10.0 Å². The minimum Gasteiger partial charge on any atom is -0.409 e. The highest BCUT2D eigenvalue weighted by atomic mass is 79.9. The number of aryl methyl sites for hydroxylation is 1. The lowest BCUT2D eigenvalue weighted by Crippen LogP contribution is -2.27. The maximum absolute atomic E-state index is 11.8. The predicted molar refractivity (Wildman–Crippen MR) is 70.0 cm³/mol. The highest BCUT2D eigenvalue weighted by molar-refractivity contribution is 9.11. The highest BCUT2D eigenvalue weighted by Crippen LogP contribution is 2.30. The summed E-state index contributed by atoms with van der Waals surface area (Å²) in [6.45, 7) is 1.91. The number of nitrogens with two attached hydrogens (primary N) is 1. The average molecular weight is 342 g/mol. The third kappa shape index (κ3) is 3.95. The van der Waals surface area contributed by atoms with Crippen molar-refractivity contribution in [3.8, 4) is 0 Å². The smallest absolute Gasteiger partial charge is 0.250 e. The first-order chi connectivity index (χ1) is 7.86. The zero-order valence-corrected chi connectivity index (χ0v) is 12.2. The number of rotatable bonds is 5. The molecule has 1 rings (SSSR count). The summed E-state index contributed by atoms with van der Waals surface area (Å²) >= 11 is 4.41. The number of hydrogen-bond acceptors (Lipinski definition) is 5. The molecule has 0 saturated carbocycles. The van der Waals surface area contributed by atoms with Gasteiger partial charge in [0.2, 0.25) is 10.0 Å². The van der Waals surface area contributed by atoms with Crippen LogP contribution in [0.3, 0.4) is 0 Å². The zero-order chi connectivity index (χ0) is 13.1. The van der Waals surface area contributed by atoms with Crippen molar-refractivity contribution in [1.82, 2.24) is 4.72 Å². The van der Waals surface area contributed by atoms with Crippen LogP contribution < -0.4 is 10.5 Å². The molecule has 1 aromatic rings. The van der Waals surface area contributed by atoms with Gasteiger partial charge >= 0.3 is 0 Å². The Morgan fingerprint density at radius 3 is 2.82 bits per heavy atom. The molecule has 0 saturated heterocycles. The van der Waals surface area contributed by atoms with Gasteiger partial charge in [0.1, 0.15) is 10.0 Å². The monoisotopic (exact) mass is 341 g/mol. The van der Waals surface area contributed by atoms with Crippen molar-refractivity contribution in [2.75, 3.05) is 6.54 Å². The highest BCUT2D eigenvalue weighted by Gasteiger charge is 2.17. The maximum atomic E-state index is 11.8. The van der Waals surface area contributed by atoms with E-state index >= 15 is 0 Å². The summed E-state index contributed by atoms with van der Waals surface area (Å²) < 4.78 is 27.0. The van der Waals surface area contributed by atoms with Crippen molar-refractivity contribution in [3.05, 3.63) is 15.4 Å². The summed E-state index contributed by atoms with van der Waals surface area (Å²) in [5.41, 5.74) is 6.10. The number of nitrogens with zero attached hydrogens (tertiary/aromatic N) is 1. The van der Waals surface area contributed by atoms with Crippen molar-refractivity contribution in [2.45, 2.75) is 17.6 Å². The number of thiophene rings is 1. The van der Waals surface area contributed by atoms with E-state index in [9.17, 15) is 8.42 Å². The van der Waals surface area contributed by atoms with E-state index in [0.717, 1.165) is 20.7 Å². The third-order valence-electron chi connectivity index (χ3n) is 1.90. The van der Waals surface area contributed by atoms with Gasteiger partial charge in [0.15, 0.2) is 0 Å². The van der Waals surface area contributed by atoms with Crippen LogP contribution in [0.5, 0.6) is 0 Å². The van der Waals surface area contributed by atoms with Crippen LogP contribution in [0.4, 0.5) is 0 Å². The summed E-state index contributed by atoms with van der Waals surface area (Å²) in [5.74, 6) is -0.0174. The Labute approximate surface area is 112 Å². The molecule has 96 valence electrons. The molecule has 0 aliphatic heterocycles. The molecule has 0 aromatic carbocycles. The van der Waals surface area contributed by atoms with Crippen molar-refractivity contribution >= 4 is 43.1 Å². The van der Waals surface area contributed by atoms with Crippen molar-refractivity contribution in [1.29, 1.82) is 0 Å². The number of nitrogens with one attached hydrogen (secondary N) is 1. The Morgan fingerprint density at radius 1 is 1.71 bits per heavy atom. The SMILES string of the molecule is Cc1cc(S(=O)(=O)NCCC(N)=NO)sc1Br. The van der Waals surface area contributed by atoms with E-state index in [0.29, 0.717) is 0 Å². The second-order valence-corrected chi connectivity index (χ2v) is 7.63. The summed E-state index contributed by atoms with van der Waals surface area (Å²) in [7, 11) is -3.52. The van der Waals surface area contributed by atoms with E-state index in [4.69, 9.17) is 10.9 Å². The van der Waals surface area contributed by atoms with Crippen LogP contribution in [0.25, 0.3) is 0 Å². The second-order valence-electron chi connectivity index (χ2n) is 3.26. The number of sulfonamides is 1. The van der Waals surface area contributed by atoms with E-state index in [1.165, 1.54) is 0 Å². The molecule has 1 aromatic heterocycles. The van der Waals surface area contributed by atoms with E-state index in [1.807, 2.05) is 6.92 Å². The van der Waals surface area contributed by atoms with Crippen LogP contribution in [-0.4, -0.2) is 26.0 Å². The number of halogens is 1. The van der Waals surface area contributed by atoms with Gasteiger partial charge in [-0.05, 0) is 34.5 Å². The van der Waals surface area contributed by atoms with E-state index in [2.05, 4.69) is 25.8 Å². The Kier molecular flexibility index (Phi) is 4.92. The lowest BCUT2D eigenvalue weighted by atomic mass is 10.4. The van der Waals surface area contributed by atoms with Gasteiger partial charge in [0, 0.05) is 13.0 Å². The van der Waals surface area contributed by atoms with Gasteiger partial charge in [-0.2, -0.15) is 0 Å². The number of amidine groups is 1. The normalized spacial score (nSPS) is 12.9. The molecule has 0 fully saturated rings. The third-order valence-corrected chi connectivity index (χ3v) is 5.97. The second kappa shape index (κ2) is 5.80. The molecule has 0 unspecified atom stereocenters. The molecule has 0 atom stereocenters. The standard InChI is InChI=1S/C8H12BrN3O3S2/c1-5-4-7(16-8(5)9)17(14,15)11-3-2-6(10)12-13/h4,11,13H,2-3H2,1H3,(H2,10,12). The lowest BCUT2D eigenvalue weighted by Gasteiger charge is -2.03. The molecule has 0 radical (unpaired) electrons. The summed E-state index contributed by atoms with van der Waals surface area (Å²) in [6, 6.07) is 1.58. The maximum Gasteiger partial charge on any atom is 0.250 e. The van der Waals surface area contributed by atoms with Crippen LogP contribution in [0, 0.1) is 6.92 Å². The van der Waals surface area contributed by atoms with Crippen molar-refractivity contribution in [2.24, 2.45) is 10.9 Å². The van der Waals surface area contributed by atoms with Crippen molar-refractivity contribution in [3.63, 3.8) is 0 Å². The molecule has 1 heterocycles. The minimum absolute atomic E-state index is 0.0174. The lowest BCUT2D eigenvalue weighted by molar-refractivity contribution is 0.317. The first-order valence-electron chi connectivity index (χ1n) is 4.59. The van der Waals surface area contributed by atoms with Crippen LogP contribution in [0.15, 0.2) is 19.2 Å². The summed E-state index contributed by atoms with van der Waals surface area (Å²) in [5, 5.41) is 11.1. The van der Waals surface area contributed by atoms with Gasteiger partial charge in [0.25, 0.3) is 0 Å². The van der Waals surface area contributed by atoms with Gasteiger partial charge in [-0.15, -0.1) is 11.3 Å². The largest absolute Gasteiger partial charge is 0.409 e. The average Bonchev–Trinajstić information content (AvgIpc) is 2.59. The van der Waals surface area contributed by atoms with Crippen LogP contribution in [0.2, 0.25) is 0 Å². The quantitative estimate of drug-likeness (QED) is 0.324. The van der Waals surface area contributed by atoms with Gasteiger partial charge in [-0.1, -0.05) is 5.16 Å². The molecular weight excluding hydrogens is 330 g/mol. The molecule has 9 heteroatoms. The molecule has 0 amide bonds. The first kappa shape index (κ1) is 14.4. The summed E-state index contributed by atoms with van der Waals surface area (Å²) in [4.78, 5) is 0. The molecule has 17 heavy (non-hydrogen) atoms. The van der Waals surface area contributed by atoms with Gasteiger partial charge in [-0.3, -0.25) is 0 Å². The Hall–Kier alpha value is -0.640. The fraction of sp³-hybridized carbons (Fsp3) is 0.375. The molecule has 0 spiro atoms. The molecule has 4 N–H and O–H groups in total. The van der Waals surface area contributed by atoms with E-state index in [1.54, 1.807) is 6.07 Å². The van der Waals surface area contributed by atoms with Gasteiger partial charge < -0.3 is 10.9 Å². The Morgan fingerprint density at radius 2 is 2.35 bits per heavy atom. The van der Waals surface area contributed by atoms with Gasteiger partial charge in [-0.25, -0.2) is 13.1 Å². The fourth-order valence-electron chi connectivity index (χ4n) is 0.999. The Bertz CT molecular complexity index is 505. The molecule has 0 bridgehead atoms. The zero-order valence-electron chi connectivity index (χ0n) is 8.97. The summed E-state index contributed by atoms with van der Waals surface area (Å²) in [6.07, 6.45) is 0.154. The fourth-order valence-corrected chi connectivity index (χ4v) is 4.30. The van der Waals surface area contributed by atoms with E-state index < -0.39 is 10.0 Å². The minimum atomic E-state index is -3.52. The molecular formula is C8H12BrN3O3S2. The molecule has 0 aliphatic rings. The topological polar surface area (TPSA) is 105 Å². The number of hydrogen-bond donors (Lipinski definition) is 3. The molecule has 0 aliphatic carbocycles. The van der Waals surface area contributed by atoms with Crippen LogP contribution >= 0.6 is 27.3 Å². The molecule has 6 nitrogen and oxygen atoms in total. The van der Waals surface area contributed by atoms with Crippen molar-refractivity contribution < 1.29 is 13.6 Å². The van der Waals surface area contributed by atoms with Gasteiger partial charge in [0.05, 0.1) is 3.79 Å².